The van der Waals surface area contributed by atoms with Crippen LogP contribution in [0.15, 0.2) is 62.9 Å². The second-order valence-corrected chi connectivity index (χ2v) is 6.86. The summed E-state index contributed by atoms with van der Waals surface area (Å²) in [5.41, 5.74) is 7.66. The zero-order chi connectivity index (χ0) is 19.3. The standard InChI is InChI=1S/C18H12BrN7O2/c19-12-6-11-17(28-12)24-13(26(18(11)27)10-4-2-1-3-5-10)7-25-9-23-14-15(20)21-8-22-16(14)25/h1-6,8-9H,7H2,(H2,20,21,22). The third-order valence-corrected chi connectivity index (χ3v) is 4.75. The topological polar surface area (TPSA) is 118 Å². The molecule has 0 atom stereocenters. The lowest BCUT2D eigenvalue weighted by Crippen LogP contribution is -2.24. The maximum absolute atomic E-state index is 13.2. The molecule has 0 aliphatic rings. The van der Waals surface area contributed by atoms with Crippen molar-refractivity contribution in [2.45, 2.75) is 6.54 Å². The largest absolute Gasteiger partial charge is 0.431 e. The fourth-order valence-electron chi connectivity index (χ4n) is 3.11. The van der Waals surface area contributed by atoms with Gasteiger partial charge in [0, 0.05) is 6.07 Å². The second-order valence-electron chi connectivity index (χ2n) is 6.08. The molecule has 0 radical (unpaired) electrons. The molecule has 0 aliphatic heterocycles. The number of hydrogen-bond donors (Lipinski definition) is 1. The first kappa shape index (κ1) is 16.6. The molecule has 4 aromatic heterocycles. The van der Waals surface area contributed by atoms with Crippen LogP contribution in [-0.4, -0.2) is 29.1 Å². The van der Waals surface area contributed by atoms with Gasteiger partial charge in [-0.2, -0.15) is 4.98 Å². The Morgan fingerprint density at radius 3 is 2.79 bits per heavy atom. The fourth-order valence-corrected chi connectivity index (χ4v) is 3.49. The predicted octanol–water partition coefficient (Wildman–Crippen LogP) is 2.51. The molecule has 0 saturated carbocycles. The summed E-state index contributed by atoms with van der Waals surface area (Å²) in [6.45, 7) is 0.241. The molecule has 5 rings (SSSR count). The van der Waals surface area contributed by atoms with Gasteiger partial charge in [-0.25, -0.2) is 15.0 Å². The number of anilines is 1. The lowest BCUT2D eigenvalue weighted by Gasteiger charge is -2.12. The van der Waals surface area contributed by atoms with E-state index in [1.54, 1.807) is 21.5 Å². The zero-order valence-corrected chi connectivity index (χ0v) is 15.9. The van der Waals surface area contributed by atoms with E-state index in [-0.39, 0.29) is 17.8 Å². The van der Waals surface area contributed by atoms with Crippen molar-refractivity contribution in [1.29, 1.82) is 0 Å². The van der Waals surface area contributed by atoms with Crippen molar-refractivity contribution in [3.63, 3.8) is 0 Å². The van der Waals surface area contributed by atoms with Crippen molar-refractivity contribution in [3.8, 4) is 5.69 Å². The van der Waals surface area contributed by atoms with Crippen LogP contribution >= 0.6 is 15.9 Å². The van der Waals surface area contributed by atoms with Gasteiger partial charge in [-0.3, -0.25) is 9.36 Å². The minimum Gasteiger partial charge on any atom is -0.431 e. The average Bonchev–Trinajstić information content (AvgIpc) is 3.27. The van der Waals surface area contributed by atoms with E-state index in [0.717, 1.165) is 0 Å². The van der Waals surface area contributed by atoms with Crippen molar-refractivity contribution in [2.24, 2.45) is 0 Å². The monoisotopic (exact) mass is 437 g/mol. The van der Waals surface area contributed by atoms with Crippen LogP contribution in [0.4, 0.5) is 5.82 Å². The van der Waals surface area contributed by atoms with Crippen LogP contribution in [0.25, 0.3) is 28.0 Å². The summed E-state index contributed by atoms with van der Waals surface area (Å²) in [7, 11) is 0. The summed E-state index contributed by atoms with van der Waals surface area (Å²) in [5, 5.41) is 0.390. The Labute approximate surface area is 165 Å². The summed E-state index contributed by atoms with van der Waals surface area (Å²) in [6.07, 6.45) is 2.97. The number of furan rings is 1. The minimum atomic E-state index is -0.223. The molecule has 5 aromatic rings. The normalized spacial score (nSPS) is 11.5. The molecule has 0 saturated heterocycles. The SMILES string of the molecule is Nc1ncnc2c1ncn2Cc1nc2oc(Br)cc2c(=O)n1-c1ccccc1. The molecule has 10 heteroatoms. The summed E-state index contributed by atoms with van der Waals surface area (Å²) >= 11 is 3.26. The molecule has 0 fully saturated rings. The first-order valence-electron chi connectivity index (χ1n) is 8.29. The third kappa shape index (κ3) is 2.57. The van der Waals surface area contributed by atoms with Gasteiger partial charge in [-0.1, -0.05) is 18.2 Å². The number of benzene rings is 1. The van der Waals surface area contributed by atoms with Gasteiger partial charge < -0.3 is 14.7 Å². The predicted molar refractivity (Wildman–Crippen MR) is 106 cm³/mol. The van der Waals surface area contributed by atoms with Crippen LogP contribution in [-0.2, 0) is 6.54 Å². The van der Waals surface area contributed by atoms with Gasteiger partial charge in [-0.05, 0) is 28.1 Å². The van der Waals surface area contributed by atoms with Crippen molar-refractivity contribution in [2.75, 3.05) is 5.73 Å². The summed E-state index contributed by atoms with van der Waals surface area (Å²) in [4.78, 5) is 30.2. The molecule has 138 valence electrons. The number of rotatable bonds is 3. The van der Waals surface area contributed by atoms with E-state index < -0.39 is 0 Å². The minimum absolute atomic E-state index is 0.223. The van der Waals surface area contributed by atoms with Crippen molar-refractivity contribution in [3.05, 3.63) is 69.9 Å². The van der Waals surface area contributed by atoms with Crippen LogP contribution in [0.1, 0.15) is 5.82 Å². The number of hydrogen-bond acceptors (Lipinski definition) is 7. The molecule has 0 spiro atoms. The first-order valence-corrected chi connectivity index (χ1v) is 9.09. The van der Waals surface area contributed by atoms with Gasteiger partial charge in [-0.15, -0.1) is 0 Å². The Morgan fingerprint density at radius 2 is 1.96 bits per heavy atom. The number of fused-ring (bicyclic) bond motifs is 2. The Morgan fingerprint density at radius 1 is 1.14 bits per heavy atom. The average molecular weight is 438 g/mol. The number of imidazole rings is 1. The molecule has 0 unspecified atom stereocenters. The molecular formula is C18H12BrN7O2. The molecule has 2 N–H and O–H groups in total. The van der Waals surface area contributed by atoms with E-state index in [1.165, 1.54) is 6.33 Å². The summed E-state index contributed by atoms with van der Waals surface area (Å²) < 4.78 is 9.29. The highest BCUT2D eigenvalue weighted by Gasteiger charge is 2.18. The number of halogens is 1. The van der Waals surface area contributed by atoms with Crippen molar-refractivity contribution in [1.82, 2.24) is 29.1 Å². The number of aromatic nitrogens is 6. The number of nitrogens with two attached hydrogens (primary N) is 1. The molecule has 0 amide bonds. The highest BCUT2D eigenvalue weighted by atomic mass is 79.9. The zero-order valence-electron chi connectivity index (χ0n) is 14.3. The van der Waals surface area contributed by atoms with Crippen LogP contribution in [0, 0.1) is 0 Å². The van der Waals surface area contributed by atoms with E-state index in [4.69, 9.17) is 10.2 Å². The van der Waals surface area contributed by atoms with E-state index in [9.17, 15) is 4.79 Å². The summed E-state index contributed by atoms with van der Waals surface area (Å²) in [5.74, 6) is 0.768. The van der Waals surface area contributed by atoms with Crippen molar-refractivity contribution >= 4 is 44.0 Å². The molecule has 0 bridgehead atoms. The molecule has 28 heavy (non-hydrogen) atoms. The number of nitrogen functional groups attached to an aromatic ring is 1. The van der Waals surface area contributed by atoms with Gasteiger partial charge in [0.15, 0.2) is 16.1 Å². The van der Waals surface area contributed by atoms with Gasteiger partial charge in [0.2, 0.25) is 5.71 Å². The van der Waals surface area contributed by atoms with E-state index in [0.29, 0.717) is 38.5 Å². The molecule has 9 nitrogen and oxygen atoms in total. The van der Waals surface area contributed by atoms with Gasteiger partial charge >= 0.3 is 0 Å². The van der Waals surface area contributed by atoms with Gasteiger partial charge in [0.25, 0.3) is 5.56 Å². The Bertz CT molecular complexity index is 1390. The maximum atomic E-state index is 13.2. The first-order chi connectivity index (χ1) is 13.6. The maximum Gasteiger partial charge on any atom is 0.269 e. The number of para-hydroxylation sites is 1. The van der Waals surface area contributed by atoms with Gasteiger partial charge in [0.1, 0.15) is 23.1 Å². The smallest absolute Gasteiger partial charge is 0.269 e. The second kappa shape index (κ2) is 6.27. The Balaban J connectivity index is 1.76. The molecule has 0 aliphatic carbocycles. The van der Waals surface area contributed by atoms with Crippen LogP contribution in [0.5, 0.6) is 0 Å². The third-order valence-electron chi connectivity index (χ3n) is 4.36. The summed E-state index contributed by atoms with van der Waals surface area (Å²) in [6, 6.07) is 10.9. The van der Waals surface area contributed by atoms with Crippen LogP contribution < -0.4 is 11.3 Å². The molecule has 4 heterocycles. The molecule has 1 aromatic carbocycles. The Hall–Kier alpha value is -3.53. The van der Waals surface area contributed by atoms with Crippen LogP contribution in [0.3, 0.4) is 0 Å². The fraction of sp³-hybridized carbons (Fsp3) is 0.0556. The highest BCUT2D eigenvalue weighted by molar-refractivity contribution is 9.10. The van der Waals surface area contributed by atoms with E-state index in [2.05, 4.69) is 35.9 Å². The van der Waals surface area contributed by atoms with E-state index >= 15 is 0 Å². The van der Waals surface area contributed by atoms with Crippen molar-refractivity contribution < 1.29 is 4.42 Å². The highest BCUT2D eigenvalue weighted by Crippen LogP contribution is 2.22. The quantitative estimate of drug-likeness (QED) is 0.460. The van der Waals surface area contributed by atoms with E-state index in [1.807, 2.05) is 30.3 Å². The Kier molecular flexibility index (Phi) is 3.72. The molecular weight excluding hydrogens is 426 g/mol. The van der Waals surface area contributed by atoms with Crippen LogP contribution in [0.2, 0.25) is 0 Å². The lowest BCUT2D eigenvalue weighted by atomic mass is 10.3. The number of nitrogens with zero attached hydrogens (tertiary/aromatic N) is 6. The lowest BCUT2D eigenvalue weighted by molar-refractivity contribution is 0.568. The van der Waals surface area contributed by atoms with Gasteiger partial charge in [0.05, 0.1) is 18.6 Å².